The number of aryl methyl sites for hydroxylation is 1. The van der Waals surface area contributed by atoms with Crippen LogP contribution in [0.3, 0.4) is 0 Å². The molecule has 0 radical (unpaired) electrons. The summed E-state index contributed by atoms with van der Waals surface area (Å²) < 4.78 is 0. The van der Waals surface area contributed by atoms with Crippen molar-refractivity contribution in [2.45, 2.75) is 26.2 Å². The van der Waals surface area contributed by atoms with Crippen molar-refractivity contribution in [1.82, 2.24) is 5.32 Å². The summed E-state index contributed by atoms with van der Waals surface area (Å²) in [6.07, 6.45) is 2.02. The zero-order valence-electron chi connectivity index (χ0n) is 9.90. The maximum absolute atomic E-state index is 11.6. The van der Waals surface area contributed by atoms with E-state index in [9.17, 15) is 9.59 Å². The second kappa shape index (κ2) is 6.68. The Hall–Kier alpha value is -1.84. The third-order valence-corrected chi connectivity index (χ3v) is 2.38. The first-order valence-corrected chi connectivity index (χ1v) is 5.72. The molecule has 2 N–H and O–H groups in total. The van der Waals surface area contributed by atoms with Gasteiger partial charge in [-0.25, -0.2) is 0 Å². The van der Waals surface area contributed by atoms with Crippen molar-refractivity contribution < 1.29 is 14.7 Å². The van der Waals surface area contributed by atoms with Crippen LogP contribution in [-0.2, 0) is 11.2 Å². The van der Waals surface area contributed by atoms with E-state index in [-0.39, 0.29) is 18.9 Å². The normalized spacial score (nSPS) is 9.94. The minimum absolute atomic E-state index is 0.0559. The molecule has 0 atom stereocenters. The average Bonchev–Trinajstić information content (AvgIpc) is 2.30. The molecule has 0 aliphatic heterocycles. The van der Waals surface area contributed by atoms with E-state index in [0.29, 0.717) is 5.56 Å². The van der Waals surface area contributed by atoms with Gasteiger partial charge < -0.3 is 10.4 Å². The monoisotopic (exact) mass is 235 g/mol. The quantitative estimate of drug-likeness (QED) is 0.790. The van der Waals surface area contributed by atoms with Gasteiger partial charge in [0.15, 0.2) is 0 Å². The minimum atomic E-state index is -0.913. The first kappa shape index (κ1) is 13.2. The molecule has 1 aromatic rings. The second-order valence-electron chi connectivity index (χ2n) is 3.85. The summed E-state index contributed by atoms with van der Waals surface area (Å²) in [6, 6.07) is 7.38. The van der Waals surface area contributed by atoms with E-state index >= 15 is 0 Å². The summed E-state index contributed by atoms with van der Waals surface area (Å²) in [4.78, 5) is 21.9. The van der Waals surface area contributed by atoms with Gasteiger partial charge in [0, 0.05) is 12.1 Å². The lowest BCUT2D eigenvalue weighted by molar-refractivity contribution is -0.136. The largest absolute Gasteiger partial charge is 0.481 e. The molecule has 0 saturated heterocycles. The van der Waals surface area contributed by atoms with Gasteiger partial charge in [0.1, 0.15) is 0 Å². The fraction of sp³-hybridized carbons (Fsp3) is 0.385. The molecule has 0 spiro atoms. The topological polar surface area (TPSA) is 66.4 Å². The molecule has 0 aliphatic rings. The van der Waals surface area contributed by atoms with Gasteiger partial charge in [0.2, 0.25) is 0 Å². The van der Waals surface area contributed by atoms with Crippen LogP contribution < -0.4 is 5.32 Å². The van der Waals surface area contributed by atoms with E-state index in [0.717, 1.165) is 12.8 Å². The van der Waals surface area contributed by atoms with Gasteiger partial charge in [-0.3, -0.25) is 9.59 Å². The summed E-state index contributed by atoms with van der Waals surface area (Å²) in [6.45, 7) is 2.26. The van der Waals surface area contributed by atoms with E-state index in [1.54, 1.807) is 12.1 Å². The van der Waals surface area contributed by atoms with Gasteiger partial charge in [-0.05, 0) is 24.1 Å². The molecular weight excluding hydrogens is 218 g/mol. The maximum Gasteiger partial charge on any atom is 0.305 e. The van der Waals surface area contributed by atoms with Gasteiger partial charge in [-0.15, -0.1) is 0 Å². The van der Waals surface area contributed by atoms with Crippen LogP contribution in [0.5, 0.6) is 0 Å². The van der Waals surface area contributed by atoms with Crippen LogP contribution in [0.1, 0.15) is 35.7 Å². The molecule has 0 saturated carbocycles. The summed E-state index contributed by atoms with van der Waals surface area (Å²) in [7, 11) is 0. The Balaban J connectivity index is 2.48. The minimum Gasteiger partial charge on any atom is -0.481 e. The summed E-state index contributed by atoms with van der Waals surface area (Å²) in [5.74, 6) is -1.14. The van der Waals surface area contributed by atoms with Crippen molar-refractivity contribution >= 4 is 11.9 Å². The molecule has 1 aromatic carbocycles. The van der Waals surface area contributed by atoms with Crippen molar-refractivity contribution in [3.05, 3.63) is 35.4 Å². The number of carboxylic acids is 1. The zero-order valence-corrected chi connectivity index (χ0v) is 9.90. The molecule has 17 heavy (non-hydrogen) atoms. The maximum atomic E-state index is 11.6. The molecular formula is C13H17NO3. The van der Waals surface area contributed by atoms with Crippen LogP contribution in [0.15, 0.2) is 24.3 Å². The first-order valence-electron chi connectivity index (χ1n) is 5.72. The third kappa shape index (κ3) is 4.68. The summed E-state index contributed by atoms with van der Waals surface area (Å²) in [5.41, 5.74) is 1.77. The molecule has 1 rings (SSSR count). The number of hydrogen-bond donors (Lipinski definition) is 2. The van der Waals surface area contributed by atoms with Crippen LogP contribution >= 0.6 is 0 Å². The Morgan fingerprint density at radius 1 is 1.24 bits per heavy atom. The highest BCUT2D eigenvalue weighted by atomic mass is 16.4. The second-order valence-corrected chi connectivity index (χ2v) is 3.85. The van der Waals surface area contributed by atoms with Crippen LogP contribution in [0.25, 0.3) is 0 Å². The van der Waals surface area contributed by atoms with Crippen LogP contribution in [0, 0.1) is 0 Å². The number of nitrogens with one attached hydrogen (secondary N) is 1. The zero-order chi connectivity index (χ0) is 12.7. The Morgan fingerprint density at radius 2 is 1.88 bits per heavy atom. The molecule has 0 unspecified atom stereocenters. The van der Waals surface area contributed by atoms with Crippen LogP contribution in [-0.4, -0.2) is 23.5 Å². The molecule has 0 aliphatic carbocycles. The van der Waals surface area contributed by atoms with E-state index in [2.05, 4.69) is 12.2 Å². The molecule has 4 nitrogen and oxygen atoms in total. The standard InChI is InChI=1S/C13H17NO3/c1-2-3-10-4-6-11(7-5-10)13(17)14-9-8-12(15)16/h4-7H,2-3,8-9H2,1H3,(H,14,17)(H,15,16). The SMILES string of the molecule is CCCc1ccc(C(=O)NCCC(=O)O)cc1. The third-order valence-electron chi connectivity index (χ3n) is 2.38. The Morgan fingerprint density at radius 3 is 2.41 bits per heavy atom. The average molecular weight is 235 g/mol. The van der Waals surface area contributed by atoms with Gasteiger partial charge in [0.05, 0.1) is 6.42 Å². The number of hydrogen-bond acceptors (Lipinski definition) is 2. The van der Waals surface area contributed by atoms with E-state index in [1.165, 1.54) is 5.56 Å². The lowest BCUT2D eigenvalue weighted by Crippen LogP contribution is -2.25. The predicted octanol–water partition coefficient (Wildman–Crippen LogP) is 1.84. The van der Waals surface area contributed by atoms with Gasteiger partial charge in [0.25, 0.3) is 5.91 Å². The first-order chi connectivity index (χ1) is 8.13. The number of carbonyl (C=O) groups is 2. The van der Waals surface area contributed by atoms with Crippen LogP contribution in [0.2, 0.25) is 0 Å². The number of aliphatic carboxylic acids is 1. The lowest BCUT2D eigenvalue weighted by Gasteiger charge is -2.04. The smallest absolute Gasteiger partial charge is 0.305 e. The van der Waals surface area contributed by atoms with Crippen LogP contribution in [0.4, 0.5) is 0 Å². The van der Waals surface area contributed by atoms with E-state index in [1.807, 2.05) is 12.1 Å². The number of carboxylic acid groups (broad SMARTS) is 1. The van der Waals surface area contributed by atoms with Gasteiger partial charge in [-0.1, -0.05) is 25.5 Å². The van der Waals surface area contributed by atoms with Crippen molar-refractivity contribution in [2.24, 2.45) is 0 Å². The Labute approximate surface area is 101 Å². The lowest BCUT2D eigenvalue weighted by atomic mass is 10.1. The molecule has 0 heterocycles. The molecule has 1 amide bonds. The van der Waals surface area contributed by atoms with Crippen molar-refractivity contribution in [2.75, 3.05) is 6.54 Å². The van der Waals surface area contributed by atoms with E-state index < -0.39 is 5.97 Å². The molecule has 0 bridgehead atoms. The van der Waals surface area contributed by atoms with Crippen molar-refractivity contribution in [3.8, 4) is 0 Å². The number of amides is 1. The molecule has 0 aromatic heterocycles. The number of benzene rings is 1. The Kier molecular flexibility index (Phi) is 5.20. The fourth-order valence-electron chi connectivity index (χ4n) is 1.50. The van der Waals surface area contributed by atoms with Crippen molar-refractivity contribution in [1.29, 1.82) is 0 Å². The molecule has 4 heteroatoms. The van der Waals surface area contributed by atoms with Gasteiger partial charge in [-0.2, -0.15) is 0 Å². The highest BCUT2D eigenvalue weighted by Gasteiger charge is 2.05. The highest BCUT2D eigenvalue weighted by molar-refractivity contribution is 5.94. The summed E-state index contributed by atoms with van der Waals surface area (Å²) in [5, 5.41) is 11.0. The van der Waals surface area contributed by atoms with Gasteiger partial charge >= 0.3 is 5.97 Å². The number of carbonyl (C=O) groups excluding carboxylic acids is 1. The number of rotatable bonds is 6. The Bertz CT molecular complexity index is 384. The molecule has 92 valence electrons. The van der Waals surface area contributed by atoms with Crippen molar-refractivity contribution in [3.63, 3.8) is 0 Å². The molecule has 0 fully saturated rings. The summed E-state index contributed by atoms with van der Waals surface area (Å²) >= 11 is 0. The fourth-order valence-corrected chi connectivity index (χ4v) is 1.50. The highest BCUT2D eigenvalue weighted by Crippen LogP contribution is 2.06. The predicted molar refractivity (Wildman–Crippen MR) is 65.0 cm³/mol. The van der Waals surface area contributed by atoms with E-state index in [4.69, 9.17) is 5.11 Å².